The summed E-state index contributed by atoms with van der Waals surface area (Å²) in [7, 11) is -4.67. The van der Waals surface area contributed by atoms with Crippen LogP contribution in [-0.4, -0.2) is 47.0 Å². The Balaban J connectivity index is 1.75. The third-order valence-electron chi connectivity index (χ3n) is 4.39. The molecule has 9 heteroatoms. The SMILES string of the molecule is O=P(O)(O)Oc1cccc2cccc(CCN3CC[C@@H](OC(F)F)C3)c12. The number of phosphoric acid groups is 1. The molecule has 2 aromatic carbocycles. The minimum Gasteiger partial charge on any atom is -0.404 e. The van der Waals surface area contributed by atoms with Crippen LogP contribution in [-0.2, 0) is 15.7 Å². The van der Waals surface area contributed by atoms with Crippen molar-refractivity contribution >= 4 is 18.6 Å². The molecule has 142 valence electrons. The molecule has 3 rings (SSSR count). The van der Waals surface area contributed by atoms with Crippen LogP contribution in [0.5, 0.6) is 5.75 Å². The molecule has 2 aromatic rings. The van der Waals surface area contributed by atoms with Crippen LogP contribution in [0, 0.1) is 0 Å². The highest BCUT2D eigenvalue weighted by Gasteiger charge is 2.25. The third-order valence-corrected chi connectivity index (χ3v) is 4.83. The average molecular weight is 387 g/mol. The maximum Gasteiger partial charge on any atom is 0.524 e. The van der Waals surface area contributed by atoms with E-state index in [0.717, 1.165) is 10.9 Å². The Morgan fingerprint density at radius 1 is 1.23 bits per heavy atom. The number of hydrogen-bond donors (Lipinski definition) is 2. The van der Waals surface area contributed by atoms with Crippen molar-refractivity contribution in [2.24, 2.45) is 0 Å². The Morgan fingerprint density at radius 2 is 1.96 bits per heavy atom. The molecule has 1 aliphatic heterocycles. The monoisotopic (exact) mass is 387 g/mol. The van der Waals surface area contributed by atoms with Crippen molar-refractivity contribution < 1.29 is 32.4 Å². The molecule has 1 saturated heterocycles. The molecule has 2 N–H and O–H groups in total. The van der Waals surface area contributed by atoms with Crippen molar-refractivity contribution in [1.82, 2.24) is 4.90 Å². The molecule has 0 spiro atoms. The van der Waals surface area contributed by atoms with Crippen molar-refractivity contribution in [3.8, 4) is 5.75 Å². The summed E-state index contributed by atoms with van der Waals surface area (Å²) in [5.74, 6) is 0.131. The van der Waals surface area contributed by atoms with Crippen LogP contribution in [0.15, 0.2) is 36.4 Å². The molecule has 0 amide bonds. The van der Waals surface area contributed by atoms with E-state index >= 15 is 0 Å². The van der Waals surface area contributed by atoms with Crippen LogP contribution in [0.4, 0.5) is 8.78 Å². The Labute approximate surface area is 149 Å². The smallest absolute Gasteiger partial charge is 0.404 e. The Hall–Kier alpha value is -1.57. The van der Waals surface area contributed by atoms with Gasteiger partial charge in [-0.3, -0.25) is 9.79 Å². The number of benzene rings is 2. The maximum atomic E-state index is 12.3. The first-order valence-corrected chi connectivity index (χ1v) is 9.76. The predicted octanol–water partition coefficient (Wildman–Crippen LogP) is 3.17. The number of hydrogen-bond acceptors (Lipinski definition) is 4. The fourth-order valence-corrected chi connectivity index (χ4v) is 3.74. The van der Waals surface area contributed by atoms with Crippen molar-refractivity contribution in [3.63, 3.8) is 0 Å². The lowest BCUT2D eigenvalue weighted by molar-refractivity contribution is -0.158. The first kappa shape index (κ1) is 19.2. The highest BCUT2D eigenvalue weighted by Crippen LogP contribution is 2.41. The largest absolute Gasteiger partial charge is 0.524 e. The van der Waals surface area contributed by atoms with Gasteiger partial charge in [-0.2, -0.15) is 8.78 Å². The first-order chi connectivity index (χ1) is 12.3. The summed E-state index contributed by atoms with van der Waals surface area (Å²) in [6.07, 6.45) is 0.697. The Morgan fingerprint density at radius 3 is 2.65 bits per heavy atom. The van der Waals surface area contributed by atoms with Gasteiger partial charge >= 0.3 is 14.4 Å². The predicted molar refractivity (Wildman–Crippen MR) is 92.3 cm³/mol. The second-order valence-electron chi connectivity index (χ2n) is 6.21. The molecule has 0 radical (unpaired) electrons. The van der Waals surface area contributed by atoms with E-state index in [1.807, 2.05) is 29.2 Å². The number of phosphoric ester groups is 1. The molecule has 0 aromatic heterocycles. The zero-order valence-corrected chi connectivity index (χ0v) is 14.8. The van der Waals surface area contributed by atoms with Gasteiger partial charge in [-0.1, -0.05) is 30.3 Å². The van der Waals surface area contributed by atoms with Crippen molar-refractivity contribution in [2.75, 3.05) is 19.6 Å². The van der Waals surface area contributed by atoms with E-state index in [-0.39, 0.29) is 5.75 Å². The molecule has 1 heterocycles. The van der Waals surface area contributed by atoms with Crippen LogP contribution in [0.3, 0.4) is 0 Å². The zero-order valence-electron chi connectivity index (χ0n) is 13.9. The van der Waals surface area contributed by atoms with Crippen LogP contribution in [0.1, 0.15) is 12.0 Å². The van der Waals surface area contributed by atoms with E-state index in [0.29, 0.717) is 37.9 Å². The Kier molecular flexibility index (Phi) is 5.89. The lowest BCUT2D eigenvalue weighted by atomic mass is 10.0. The highest BCUT2D eigenvalue weighted by atomic mass is 31.2. The normalized spacial score (nSPS) is 18.7. The van der Waals surface area contributed by atoms with E-state index in [1.54, 1.807) is 6.07 Å². The third kappa shape index (κ3) is 4.99. The van der Waals surface area contributed by atoms with Gasteiger partial charge in [0.05, 0.1) is 6.10 Å². The van der Waals surface area contributed by atoms with E-state index in [4.69, 9.17) is 14.3 Å². The second-order valence-corrected chi connectivity index (χ2v) is 7.38. The maximum absolute atomic E-state index is 12.3. The molecule has 1 aliphatic rings. The van der Waals surface area contributed by atoms with Gasteiger partial charge in [0.1, 0.15) is 5.75 Å². The average Bonchev–Trinajstić information content (AvgIpc) is 2.98. The molecule has 1 fully saturated rings. The molecule has 0 aliphatic carbocycles. The standard InChI is InChI=1S/C17H20F2NO5P/c18-17(19)24-14-8-10-20(11-14)9-7-13-4-1-3-12-5-2-6-15(16(12)13)25-26(21,22)23/h1-6,14,17H,7-11H2,(H2,21,22,23)/t14-/m1/s1. The minimum atomic E-state index is -4.67. The molecular weight excluding hydrogens is 367 g/mol. The summed E-state index contributed by atoms with van der Waals surface area (Å²) in [6.45, 7) is -1.01. The molecule has 0 unspecified atom stereocenters. The number of likely N-dealkylation sites (tertiary alicyclic amines) is 1. The summed E-state index contributed by atoms with van der Waals surface area (Å²) in [5, 5.41) is 1.46. The van der Waals surface area contributed by atoms with Crippen molar-refractivity contribution in [1.29, 1.82) is 0 Å². The van der Waals surface area contributed by atoms with E-state index in [2.05, 4.69) is 4.74 Å². The number of alkyl halides is 2. The fourth-order valence-electron chi connectivity index (χ4n) is 3.33. The number of nitrogens with zero attached hydrogens (tertiary/aromatic N) is 1. The summed E-state index contributed by atoms with van der Waals surface area (Å²) in [5.41, 5.74) is 0.879. The zero-order chi connectivity index (χ0) is 18.7. The highest BCUT2D eigenvalue weighted by molar-refractivity contribution is 7.46. The molecule has 6 nitrogen and oxygen atoms in total. The van der Waals surface area contributed by atoms with E-state index in [9.17, 15) is 13.3 Å². The van der Waals surface area contributed by atoms with Gasteiger partial charge in [-0.15, -0.1) is 0 Å². The van der Waals surface area contributed by atoms with Gasteiger partial charge in [0, 0.05) is 25.0 Å². The van der Waals surface area contributed by atoms with Gasteiger partial charge in [0.15, 0.2) is 0 Å². The van der Waals surface area contributed by atoms with Gasteiger partial charge in [0.2, 0.25) is 0 Å². The lowest BCUT2D eigenvalue weighted by Crippen LogP contribution is -2.26. The summed E-state index contributed by atoms with van der Waals surface area (Å²) >= 11 is 0. The quantitative estimate of drug-likeness (QED) is 0.711. The molecular formula is C17H20F2NO5P. The molecule has 0 saturated carbocycles. The van der Waals surface area contributed by atoms with Crippen molar-refractivity contribution in [2.45, 2.75) is 25.6 Å². The number of rotatable bonds is 7. The Bertz CT molecular complexity index is 808. The topological polar surface area (TPSA) is 79.2 Å². The summed E-state index contributed by atoms with van der Waals surface area (Å²) < 4.78 is 45.2. The first-order valence-electron chi connectivity index (χ1n) is 8.23. The van der Waals surface area contributed by atoms with E-state index in [1.165, 1.54) is 6.07 Å². The van der Waals surface area contributed by atoms with Gasteiger partial charge in [0.25, 0.3) is 0 Å². The van der Waals surface area contributed by atoms with Crippen LogP contribution in [0.2, 0.25) is 0 Å². The van der Waals surface area contributed by atoms with E-state index < -0.39 is 20.5 Å². The minimum absolute atomic E-state index is 0.131. The fraction of sp³-hybridized carbons (Fsp3) is 0.412. The van der Waals surface area contributed by atoms with Gasteiger partial charge in [-0.05, 0) is 29.9 Å². The second kappa shape index (κ2) is 7.98. The molecule has 0 bridgehead atoms. The van der Waals surface area contributed by atoms with Gasteiger partial charge < -0.3 is 14.2 Å². The summed E-state index contributed by atoms with van der Waals surface area (Å²) in [4.78, 5) is 20.3. The van der Waals surface area contributed by atoms with Crippen LogP contribution in [0.25, 0.3) is 10.8 Å². The lowest BCUT2D eigenvalue weighted by Gasteiger charge is -2.18. The van der Waals surface area contributed by atoms with Crippen LogP contribution < -0.4 is 4.52 Å². The number of halogens is 2. The van der Waals surface area contributed by atoms with Crippen molar-refractivity contribution in [3.05, 3.63) is 42.0 Å². The number of fused-ring (bicyclic) bond motifs is 1. The molecule has 1 atom stereocenters. The summed E-state index contributed by atoms with van der Waals surface area (Å²) in [6, 6.07) is 10.6. The number of ether oxygens (including phenoxy) is 1. The van der Waals surface area contributed by atoms with Crippen LogP contribution >= 0.6 is 7.82 Å². The molecule has 26 heavy (non-hydrogen) atoms. The van der Waals surface area contributed by atoms with Gasteiger partial charge in [-0.25, -0.2) is 4.57 Å².